The molecule has 0 aliphatic heterocycles. The van der Waals surface area contributed by atoms with E-state index >= 15 is 0 Å². The normalized spacial score (nSPS) is 11.6. The van der Waals surface area contributed by atoms with Crippen LogP contribution in [0.3, 0.4) is 0 Å². The SMILES string of the molecule is CCn1c(SCc2ccc(NC(C)=O)cc2)nnc1-c1cnn(-c2ccccc2)c1C(F)(F)F. The van der Waals surface area contributed by atoms with Crippen molar-refractivity contribution in [2.24, 2.45) is 0 Å². The summed E-state index contributed by atoms with van der Waals surface area (Å²) in [7, 11) is 0. The summed E-state index contributed by atoms with van der Waals surface area (Å²) in [6.45, 7) is 3.65. The van der Waals surface area contributed by atoms with Crippen LogP contribution in [0.4, 0.5) is 18.9 Å². The standard InChI is InChI=1S/C23H21F3N6OS/c1-3-31-21(19-13-27-32(20(19)23(24,25)26)18-7-5-4-6-8-18)29-30-22(31)34-14-16-9-11-17(12-10-16)28-15(2)33/h4-13H,3,14H2,1-2H3,(H,28,33). The number of alkyl halides is 3. The van der Waals surface area contributed by atoms with Gasteiger partial charge in [-0.3, -0.25) is 4.79 Å². The first-order valence-corrected chi connectivity index (χ1v) is 11.4. The van der Waals surface area contributed by atoms with E-state index in [4.69, 9.17) is 0 Å². The average molecular weight is 487 g/mol. The molecule has 0 saturated heterocycles. The maximum Gasteiger partial charge on any atom is 0.434 e. The summed E-state index contributed by atoms with van der Waals surface area (Å²) in [5.74, 6) is 0.494. The van der Waals surface area contributed by atoms with Gasteiger partial charge in [-0.25, -0.2) is 4.68 Å². The molecule has 176 valence electrons. The minimum atomic E-state index is -4.64. The third-order valence-electron chi connectivity index (χ3n) is 4.95. The third-order valence-corrected chi connectivity index (χ3v) is 5.99. The molecule has 0 spiro atoms. The van der Waals surface area contributed by atoms with E-state index < -0.39 is 11.9 Å². The highest BCUT2D eigenvalue weighted by molar-refractivity contribution is 7.98. The molecule has 0 fully saturated rings. The number of carbonyl (C=O) groups excluding carboxylic acids is 1. The second kappa shape index (κ2) is 9.72. The van der Waals surface area contributed by atoms with Crippen molar-refractivity contribution in [1.82, 2.24) is 24.5 Å². The van der Waals surface area contributed by atoms with Crippen molar-refractivity contribution < 1.29 is 18.0 Å². The van der Waals surface area contributed by atoms with Gasteiger partial charge in [0.15, 0.2) is 16.7 Å². The first kappa shape index (κ1) is 23.6. The number of para-hydroxylation sites is 1. The van der Waals surface area contributed by atoms with Gasteiger partial charge in [-0.1, -0.05) is 42.1 Å². The van der Waals surface area contributed by atoms with Crippen LogP contribution < -0.4 is 5.32 Å². The molecule has 2 aromatic heterocycles. The number of benzene rings is 2. The number of hydrogen-bond donors (Lipinski definition) is 1. The molecule has 0 atom stereocenters. The Morgan fingerprint density at radius 1 is 1.06 bits per heavy atom. The number of aromatic nitrogens is 5. The van der Waals surface area contributed by atoms with E-state index in [0.29, 0.717) is 28.8 Å². The summed E-state index contributed by atoms with van der Waals surface area (Å²) in [4.78, 5) is 11.2. The second-order valence-corrected chi connectivity index (χ2v) is 8.31. The molecule has 4 rings (SSSR count). The number of anilines is 1. The van der Waals surface area contributed by atoms with Crippen LogP contribution >= 0.6 is 11.8 Å². The first-order valence-electron chi connectivity index (χ1n) is 10.4. The maximum atomic E-state index is 14.1. The van der Waals surface area contributed by atoms with Gasteiger partial charge in [0, 0.05) is 24.9 Å². The van der Waals surface area contributed by atoms with Crippen LogP contribution in [0.25, 0.3) is 17.1 Å². The molecular formula is C23H21F3N6OS. The Labute approximate surface area is 198 Å². The van der Waals surface area contributed by atoms with Gasteiger partial charge in [-0.15, -0.1) is 10.2 Å². The topological polar surface area (TPSA) is 77.6 Å². The van der Waals surface area contributed by atoms with E-state index in [0.717, 1.165) is 10.2 Å². The molecule has 1 N–H and O–H groups in total. The van der Waals surface area contributed by atoms with Crippen LogP contribution in [0.1, 0.15) is 25.1 Å². The van der Waals surface area contributed by atoms with Crippen LogP contribution in [0, 0.1) is 0 Å². The molecule has 11 heteroatoms. The van der Waals surface area contributed by atoms with Gasteiger partial charge in [0.2, 0.25) is 5.91 Å². The van der Waals surface area contributed by atoms with Crippen molar-refractivity contribution in [2.45, 2.75) is 37.5 Å². The van der Waals surface area contributed by atoms with Gasteiger partial charge in [0.05, 0.1) is 17.4 Å². The lowest BCUT2D eigenvalue weighted by Crippen LogP contribution is -2.15. The lowest BCUT2D eigenvalue weighted by atomic mass is 10.2. The molecule has 4 aromatic rings. The highest BCUT2D eigenvalue weighted by Gasteiger charge is 2.40. The third kappa shape index (κ3) is 4.98. The van der Waals surface area contributed by atoms with Gasteiger partial charge in [0.25, 0.3) is 0 Å². The first-order chi connectivity index (χ1) is 16.3. The molecule has 34 heavy (non-hydrogen) atoms. The Hall–Kier alpha value is -3.60. The number of hydrogen-bond acceptors (Lipinski definition) is 5. The predicted molar refractivity (Wildman–Crippen MR) is 124 cm³/mol. The van der Waals surface area contributed by atoms with Crippen molar-refractivity contribution in [3.8, 4) is 17.1 Å². The molecular weight excluding hydrogens is 465 g/mol. The van der Waals surface area contributed by atoms with E-state index in [1.54, 1.807) is 47.0 Å². The van der Waals surface area contributed by atoms with Gasteiger partial charge >= 0.3 is 6.18 Å². The molecule has 2 heterocycles. The van der Waals surface area contributed by atoms with Crippen LogP contribution in [-0.2, 0) is 23.3 Å². The fraction of sp³-hybridized carbons (Fsp3) is 0.217. The number of rotatable bonds is 7. The summed E-state index contributed by atoms with van der Waals surface area (Å²) in [5, 5.41) is 15.5. The van der Waals surface area contributed by atoms with Crippen molar-refractivity contribution in [3.05, 3.63) is 72.1 Å². The van der Waals surface area contributed by atoms with E-state index in [9.17, 15) is 18.0 Å². The van der Waals surface area contributed by atoms with Crippen LogP contribution in [0.5, 0.6) is 0 Å². The minimum Gasteiger partial charge on any atom is -0.326 e. The minimum absolute atomic E-state index is 0.112. The number of halogens is 3. The van der Waals surface area contributed by atoms with E-state index in [-0.39, 0.29) is 17.3 Å². The fourth-order valence-electron chi connectivity index (χ4n) is 3.47. The maximum absolute atomic E-state index is 14.1. The Morgan fingerprint density at radius 2 is 1.76 bits per heavy atom. The quantitative estimate of drug-likeness (QED) is 0.353. The van der Waals surface area contributed by atoms with E-state index in [2.05, 4.69) is 20.6 Å². The number of nitrogens with one attached hydrogen (secondary N) is 1. The monoisotopic (exact) mass is 486 g/mol. The van der Waals surface area contributed by atoms with Crippen molar-refractivity contribution in [3.63, 3.8) is 0 Å². The Kier molecular flexibility index (Phi) is 6.73. The van der Waals surface area contributed by atoms with Crippen molar-refractivity contribution >= 4 is 23.4 Å². The number of amides is 1. The molecule has 0 aliphatic carbocycles. The molecule has 0 unspecified atom stereocenters. The van der Waals surface area contributed by atoms with Crippen LogP contribution in [0.2, 0.25) is 0 Å². The van der Waals surface area contributed by atoms with Gasteiger partial charge in [0.1, 0.15) is 0 Å². The Bertz CT molecular complexity index is 1280. The zero-order valence-corrected chi connectivity index (χ0v) is 19.2. The largest absolute Gasteiger partial charge is 0.434 e. The van der Waals surface area contributed by atoms with Crippen molar-refractivity contribution in [2.75, 3.05) is 5.32 Å². The number of nitrogens with zero attached hydrogens (tertiary/aromatic N) is 5. The summed E-state index contributed by atoms with van der Waals surface area (Å²) in [5.41, 5.74) is 0.943. The molecule has 1 amide bonds. The molecule has 0 radical (unpaired) electrons. The lowest BCUT2D eigenvalue weighted by molar-refractivity contribution is -0.142. The summed E-state index contributed by atoms with van der Waals surface area (Å²) in [6, 6.07) is 15.5. The zero-order chi connectivity index (χ0) is 24.3. The van der Waals surface area contributed by atoms with Crippen LogP contribution in [-0.4, -0.2) is 30.5 Å². The molecule has 0 aliphatic rings. The van der Waals surface area contributed by atoms with Gasteiger partial charge < -0.3 is 9.88 Å². The second-order valence-electron chi connectivity index (χ2n) is 7.37. The lowest BCUT2D eigenvalue weighted by Gasteiger charge is -2.13. The van der Waals surface area contributed by atoms with E-state index in [1.807, 2.05) is 19.1 Å². The summed E-state index contributed by atoms with van der Waals surface area (Å²) in [6.07, 6.45) is -3.46. The average Bonchev–Trinajstić information content (AvgIpc) is 3.42. The summed E-state index contributed by atoms with van der Waals surface area (Å²) < 4.78 is 44.8. The Balaban J connectivity index is 1.63. The number of carbonyl (C=O) groups is 1. The fourth-order valence-corrected chi connectivity index (χ4v) is 4.42. The highest BCUT2D eigenvalue weighted by Crippen LogP contribution is 2.38. The van der Waals surface area contributed by atoms with Crippen molar-refractivity contribution in [1.29, 1.82) is 0 Å². The number of thioether (sulfide) groups is 1. The highest BCUT2D eigenvalue weighted by atomic mass is 32.2. The zero-order valence-electron chi connectivity index (χ0n) is 18.4. The van der Waals surface area contributed by atoms with Gasteiger partial charge in [-0.05, 0) is 36.8 Å². The smallest absolute Gasteiger partial charge is 0.326 e. The Morgan fingerprint density at radius 3 is 2.38 bits per heavy atom. The van der Waals surface area contributed by atoms with E-state index in [1.165, 1.54) is 24.9 Å². The predicted octanol–water partition coefficient (Wildman–Crippen LogP) is 5.42. The van der Waals surface area contributed by atoms with Crippen LogP contribution in [0.15, 0.2) is 66.0 Å². The molecule has 2 aromatic carbocycles. The summed E-state index contributed by atoms with van der Waals surface area (Å²) >= 11 is 1.37. The molecule has 7 nitrogen and oxygen atoms in total. The molecule has 0 saturated carbocycles. The molecule has 0 bridgehead atoms. The van der Waals surface area contributed by atoms with Gasteiger partial charge in [-0.2, -0.15) is 18.3 Å².